The van der Waals surface area contributed by atoms with Gasteiger partial charge in [-0.15, -0.1) is 0 Å². The second kappa shape index (κ2) is 5.47. The molecule has 3 rings (SSSR count). The highest BCUT2D eigenvalue weighted by Crippen LogP contribution is 2.46. The first-order valence-electron chi connectivity index (χ1n) is 7.53. The molecule has 0 radical (unpaired) electrons. The van der Waals surface area contributed by atoms with Crippen molar-refractivity contribution in [2.24, 2.45) is 5.41 Å². The fourth-order valence-electron chi connectivity index (χ4n) is 3.42. The van der Waals surface area contributed by atoms with Gasteiger partial charge in [0.25, 0.3) is 0 Å². The third kappa shape index (κ3) is 2.86. The van der Waals surface area contributed by atoms with Crippen LogP contribution in [0.25, 0.3) is 0 Å². The van der Waals surface area contributed by atoms with Crippen LogP contribution in [0.2, 0.25) is 5.02 Å². The van der Waals surface area contributed by atoms with Gasteiger partial charge in [-0.05, 0) is 53.1 Å². The predicted molar refractivity (Wildman–Crippen MR) is 89.7 cm³/mol. The number of benzene rings is 2. The Hall–Kier alpha value is -1.31. The van der Waals surface area contributed by atoms with Gasteiger partial charge in [-0.1, -0.05) is 55.8 Å². The van der Waals surface area contributed by atoms with Crippen molar-refractivity contribution in [1.82, 2.24) is 5.32 Å². The summed E-state index contributed by atoms with van der Waals surface area (Å²) in [5.74, 6) is 0. The minimum absolute atomic E-state index is 0.218. The summed E-state index contributed by atoms with van der Waals surface area (Å²) < 4.78 is 0. The molecule has 21 heavy (non-hydrogen) atoms. The molecule has 1 N–H and O–H groups in total. The normalized spacial score (nSPS) is 19.5. The zero-order valence-corrected chi connectivity index (χ0v) is 13.7. The molecule has 0 heterocycles. The van der Waals surface area contributed by atoms with Crippen molar-refractivity contribution < 1.29 is 0 Å². The first-order chi connectivity index (χ1) is 9.97. The monoisotopic (exact) mass is 299 g/mol. The van der Waals surface area contributed by atoms with E-state index in [0.717, 1.165) is 18.0 Å². The molecule has 2 aromatic carbocycles. The van der Waals surface area contributed by atoms with Crippen LogP contribution < -0.4 is 5.32 Å². The summed E-state index contributed by atoms with van der Waals surface area (Å²) in [5, 5.41) is 4.58. The van der Waals surface area contributed by atoms with E-state index in [9.17, 15) is 0 Å². The Bertz CT molecular complexity index is 660. The third-order valence-corrected chi connectivity index (χ3v) is 4.84. The lowest BCUT2D eigenvalue weighted by Crippen LogP contribution is -2.31. The molecule has 0 saturated carbocycles. The molecule has 0 fully saturated rings. The van der Waals surface area contributed by atoms with Gasteiger partial charge in [0.15, 0.2) is 0 Å². The van der Waals surface area contributed by atoms with E-state index in [1.165, 1.54) is 22.3 Å². The number of halogens is 1. The van der Waals surface area contributed by atoms with Crippen molar-refractivity contribution >= 4 is 11.6 Å². The number of hydrogen-bond donors (Lipinski definition) is 1. The fraction of sp³-hybridized carbons (Fsp3) is 0.368. The molecule has 0 amide bonds. The average Bonchev–Trinajstić information content (AvgIpc) is 2.68. The summed E-state index contributed by atoms with van der Waals surface area (Å²) in [7, 11) is 0. The van der Waals surface area contributed by atoms with Gasteiger partial charge in [-0.2, -0.15) is 0 Å². The first kappa shape index (κ1) is 14.6. The zero-order chi connectivity index (χ0) is 15.0. The van der Waals surface area contributed by atoms with Crippen LogP contribution >= 0.6 is 11.6 Å². The third-order valence-electron chi connectivity index (χ3n) is 4.60. The van der Waals surface area contributed by atoms with Gasteiger partial charge in [0.2, 0.25) is 0 Å². The summed E-state index contributed by atoms with van der Waals surface area (Å²) >= 11 is 6.20. The van der Waals surface area contributed by atoms with Gasteiger partial charge in [0, 0.05) is 17.6 Å². The highest BCUT2D eigenvalue weighted by molar-refractivity contribution is 6.30. The fourth-order valence-corrected chi connectivity index (χ4v) is 3.60. The lowest BCUT2D eigenvalue weighted by Gasteiger charge is -2.29. The number of nitrogens with one attached hydrogen (secondary N) is 1. The molecule has 1 aliphatic carbocycles. The largest absolute Gasteiger partial charge is 0.305 e. The van der Waals surface area contributed by atoms with E-state index >= 15 is 0 Å². The zero-order valence-electron chi connectivity index (χ0n) is 12.9. The molecule has 1 nitrogen and oxygen atoms in total. The van der Waals surface area contributed by atoms with Gasteiger partial charge in [0.05, 0.1) is 0 Å². The first-order valence-corrected chi connectivity index (χ1v) is 7.91. The Morgan fingerprint density at radius 1 is 1.19 bits per heavy atom. The second-order valence-corrected chi connectivity index (χ2v) is 7.19. The quantitative estimate of drug-likeness (QED) is 0.835. The van der Waals surface area contributed by atoms with Crippen LogP contribution in [-0.2, 0) is 13.0 Å². The van der Waals surface area contributed by atoms with Crippen molar-refractivity contribution in [2.45, 2.75) is 39.8 Å². The second-order valence-electron chi connectivity index (χ2n) is 6.75. The maximum Gasteiger partial charge on any atom is 0.0409 e. The Morgan fingerprint density at radius 2 is 1.95 bits per heavy atom. The standard InChI is InChI=1S/C19H22ClN/c1-13-6-4-5-7-15(13)12-21-18-17-10-16(20)9-8-14(17)11-19(18,2)3/h4-10,18,21H,11-12H2,1-3H3. The molecule has 1 atom stereocenters. The number of fused-ring (bicyclic) bond motifs is 1. The van der Waals surface area contributed by atoms with Crippen LogP contribution in [0.15, 0.2) is 42.5 Å². The van der Waals surface area contributed by atoms with Gasteiger partial charge in [-0.3, -0.25) is 0 Å². The Morgan fingerprint density at radius 3 is 2.71 bits per heavy atom. The molecule has 110 valence electrons. The number of aryl methyl sites for hydroxylation is 1. The summed E-state index contributed by atoms with van der Waals surface area (Å²) in [5.41, 5.74) is 5.71. The number of hydrogen-bond acceptors (Lipinski definition) is 1. The van der Waals surface area contributed by atoms with Crippen molar-refractivity contribution in [3.8, 4) is 0 Å². The van der Waals surface area contributed by atoms with Crippen molar-refractivity contribution in [2.75, 3.05) is 0 Å². The van der Waals surface area contributed by atoms with E-state index in [1.807, 2.05) is 6.07 Å². The van der Waals surface area contributed by atoms with Crippen LogP contribution in [0.1, 0.15) is 42.1 Å². The maximum absolute atomic E-state index is 6.20. The van der Waals surface area contributed by atoms with Gasteiger partial charge in [0.1, 0.15) is 0 Å². The van der Waals surface area contributed by atoms with Crippen molar-refractivity contribution in [1.29, 1.82) is 0 Å². The summed E-state index contributed by atoms with van der Waals surface area (Å²) in [4.78, 5) is 0. The summed E-state index contributed by atoms with van der Waals surface area (Å²) in [6.45, 7) is 7.72. The van der Waals surface area contributed by atoms with Gasteiger partial charge >= 0.3 is 0 Å². The highest BCUT2D eigenvalue weighted by atomic mass is 35.5. The van der Waals surface area contributed by atoms with Crippen LogP contribution in [-0.4, -0.2) is 0 Å². The Labute approximate surface area is 132 Å². The van der Waals surface area contributed by atoms with Gasteiger partial charge < -0.3 is 5.32 Å². The molecule has 0 saturated heterocycles. The molecule has 2 aromatic rings. The van der Waals surface area contributed by atoms with Gasteiger partial charge in [-0.25, -0.2) is 0 Å². The Kier molecular flexibility index (Phi) is 3.81. The predicted octanol–water partition coefficient (Wildman–Crippen LogP) is 5.06. The van der Waals surface area contributed by atoms with E-state index in [1.54, 1.807) is 0 Å². The van der Waals surface area contributed by atoms with E-state index in [4.69, 9.17) is 11.6 Å². The molecule has 2 heteroatoms. The molecule has 1 unspecified atom stereocenters. The minimum Gasteiger partial charge on any atom is -0.305 e. The summed E-state index contributed by atoms with van der Waals surface area (Å²) in [6.07, 6.45) is 1.10. The summed E-state index contributed by atoms with van der Waals surface area (Å²) in [6, 6.07) is 15.2. The highest BCUT2D eigenvalue weighted by Gasteiger charge is 2.38. The van der Waals surface area contributed by atoms with Crippen molar-refractivity contribution in [3.05, 3.63) is 69.7 Å². The van der Waals surface area contributed by atoms with E-state index in [0.29, 0.717) is 6.04 Å². The molecular formula is C19H22ClN. The Balaban J connectivity index is 1.85. The maximum atomic E-state index is 6.20. The van der Waals surface area contributed by atoms with Crippen LogP contribution in [0.3, 0.4) is 0 Å². The lowest BCUT2D eigenvalue weighted by molar-refractivity contribution is 0.268. The smallest absolute Gasteiger partial charge is 0.0409 e. The van der Waals surface area contributed by atoms with E-state index < -0.39 is 0 Å². The molecular weight excluding hydrogens is 278 g/mol. The van der Waals surface area contributed by atoms with E-state index in [2.05, 4.69) is 62.5 Å². The SMILES string of the molecule is Cc1ccccc1CNC1c2cc(Cl)ccc2CC1(C)C. The van der Waals surface area contributed by atoms with Crippen LogP contribution in [0, 0.1) is 12.3 Å². The molecule has 0 aliphatic heterocycles. The van der Waals surface area contributed by atoms with Crippen LogP contribution in [0.5, 0.6) is 0 Å². The molecule has 0 spiro atoms. The lowest BCUT2D eigenvalue weighted by atomic mass is 9.85. The molecule has 0 aromatic heterocycles. The van der Waals surface area contributed by atoms with Crippen LogP contribution in [0.4, 0.5) is 0 Å². The molecule has 1 aliphatic rings. The molecule has 0 bridgehead atoms. The van der Waals surface area contributed by atoms with E-state index in [-0.39, 0.29) is 5.41 Å². The average molecular weight is 300 g/mol. The minimum atomic E-state index is 0.218. The number of rotatable bonds is 3. The topological polar surface area (TPSA) is 12.0 Å². The van der Waals surface area contributed by atoms with Crippen molar-refractivity contribution in [3.63, 3.8) is 0 Å².